The molecule has 1 fully saturated rings. The van der Waals surface area contributed by atoms with Gasteiger partial charge in [0.25, 0.3) is 0 Å². The highest BCUT2D eigenvalue weighted by Crippen LogP contribution is 2.23. The molecule has 1 unspecified atom stereocenters. The third kappa shape index (κ3) is 4.31. The molecule has 0 saturated carbocycles. The average Bonchev–Trinajstić information content (AvgIpc) is 2.53. The van der Waals surface area contributed by atoms with Gasteiger partial charge in [0.05, 0.1) is 0 Å². The van der Waals surface area contributed by atoms with Gasteiger partial charge in [-0.05, 0) is 43.2 Å². The maximum absolute atomic E-state index is 12.8. The number of rotatable bonds is 5. The SMILES string of the molecule is CC(C)C(Cc1ccccc1)C(=O)N1CCC(CN)CC1. The van der Waals surface area contributed by atoms with Crippen LogP contribution < -0.4 is 5.73 Å². The summed E-state index contributed by atoms with van der Waals surface area (Å²) in [5.74, 6) is 1.37. The molecule has 1 aromatic carbocycles. The van der Waals surface area contributed by atoms with E-state index in [-0.39, 0.29) is 5.92 Å². The minimum atomic E-state index is 0.0850. The molecule has 1 aromatic rings. The molecule has 1 amide bonds. The molecule has 0 aromatic heterocycles. The van der Waals surface area contributed by atoms with Crippen LogP contribution in [0.3, 0.4) is 0 Å². The molecule has 3 heteroatoms. The van der Waals surface area contributed by atoms with E-state index in [1.54, 1.807) is 0 Å². The van der Waals surface area contributed by atoms with Gasteiger partial charge in [-0.1, -0.05) is 44.2 Å². The Kier molecular flexibility index (Phi) is 5.80. The summed E-state index contributed by atoms with van der Waals surface area (Å²) in [6.45, 7) is 6.80. The van der Waals surface area contributed by atoms with Gasteiger partial charge < -0.3 is 10.6 Å². The van der Waals surface area contributed by atoms with Crippen molar-refractivity contribution in [1.29, 1.82) is 0 Å². The molecule has 1 atom stereocenters. The number of nitrogens with zero attached hydrogens (tertiary/aromatic N) is 1. The van der Waals surface area contributed by atoms with Gasteiger partial charge in [-0.15, -0.1) is 0 Å². The Bertz CT molecular complexity index is 436. The average molecular weight is 288 g/mol. The van der Waals surface area contributed by atoms with Crippen LogP contribution in [-0.4, -0.2) is 30.4 Å². The summed E-state index contributed by atoms with van der Waals surface area (Å²) in [7, 11) is 0. The molecule has 0 spiro atoms. The van der Waals surface area contributed by atoms with Crippen LogP contribution in [-0.2, 0) is 11.2 Å². The molecule has 1 aliphatic heterocycles. The van der Waals surface area contributed by atoms with E-state index in [1.807, 2.05) is 18.2 Å². The van der Waals surface area contributed by atoms with Gasteiger partial charge in [-0.3, -0.25) is 4.79 Å². The Hall–Kier alpha value is -1.35. The first-order valence-corrected chi connectivity index (χ1v) is 8.14. The molecule has 2 N–H and O–H groups in total. The first-order valence-electron chi connectivity index (χ1n) is 8.14. The van der Waals surface area contributed by atoms with Crippen LogP contribution in [0, 0.1) is 17.8 Å². The van der Waals surface area contributed by atoms with Crippen molar-refractivity contribution in [2.75, 3.05) is 19.6 Å². The Morgan fingerprint density at radius 3 is 2.38 bits per heavy atom. The van der Waals surface area contributed by atoms with Crippen molar-refractivity contribution < 1.29 is 4.79 Å². The van der Waals surface area contributed by atoms with Gasteiger partial charge in [-0.2, -0.15) is 0 Å². The van der Waals surface area contributed by atoms with E-state index in [0.717, 1.165) is 38.9 Å². The topological polar surface area (TPSA) is 46.3 Å². The molecule has 0 bridgehead atoms. The van der Waals surface area contributed by atoms with E-state index >= 15 is 0 Å². The fourth-order valence-corrected chi connectivity index (χ4v) is 3.10. The zero-order valence-electron chi connectivity index (χ0n) is 13.3. The second-order valence-electron chi connectivity index (χ2n) is 6.54. The molecular weight excluding hydrogens is 260 g/mol. The number of hydrogen-bond donors (Lipinski definition) is 1. The van der Waals surface area contributed by atoms with Crippen molar-refractivity contribution in [3.8, 4) is 0 Å². The lowest BCUT2D eigenvalue weighted by molar-refractivity contribution is -0.138. The maximum Gasteiger partial charge on any atom is 0.226 e. The molecule has 0 aliphatic carbocycles. The predicted octanol–water partition coefficient (Wildman–Crippen LogP) is 2.70. The van der Waals surface area contributed by atoms with Gasteiger partial charge in [0, 0.05) is 19.0 Å². The molecule has 3 nitrogen and oxygen atoms in total. The second kappa shape index (κ2) is 7.60. The summed E-state index contributed by atoms with van der Waals surface area (Å²) in [5.41, 5.74) is 6.98. The van der Waals surface area contributed by atoms with Gasteiger partial charge >= 0.3 is 0 Å². The highest BCUT2D eigenvalue weighted by atomic mass is 16.2. The largest absolute Gasteiger partial charge is 0.342 e. The van der Waals surface area contributed by atoms with E-state index < -0.39 is 0 Å². The van der Waals surface area contributed by atoms with Crippen LogP contribution in [0.5, 0.6) is 0 Å². The van der Waals surface area contributed by atoms with Crippen LogP contribution in [0.1, 0.15) is 32.3 Å². The number of amides is 1. The summed E-state index contributed by atoms with van der Waals surface area (Å²) < 4.78 is 0. The lowest BCUT2D eigenvalue weighted by Gasteiger charge is -2.35. The Morgan fingerprint density at radius 2 is 1.86 bits per heavy atom. The van der Waals surface area contributed by atoms with E-state index in [4.69, 9.17) is 5.73 Å². The van der Waals surface area contributed by atoms with E-state index in [0.29, 0.717) is 17.7 Å². The second-order valence-corrected chi connectivity index (χ2v) is 6.54. The summed E-state index contributed by atoms with van der Waals surface area (Å²) in [6, 6.07) is 10.3. The third-order valence-electron chi connectivity index (χ3n) is 4.68. The Balaban J connectivity index is 1.99. The standard InChI is InChI=1S/C18H28N2O/c1-14(2)17(12-15-6-4-3-5-7-15)18(21)20-10-8-16(13-19)9-11-20/h3-7,14,16-17H,8-13,19H2,1-2H3. The van der Waals surface area contributed by atoms with Crippen molar-refractivity contribution in [2.45, 2.75) is 33.1 Å². The molecule has 2 rings (SSSR count). The number of carbonyl (C=O) groups is 1. The van der Waals surface area contributed by atoms with Gasteiger partial charge in [0.1, 0.15) is 0 Å². The third-order valence-corrected chi connectivity index (χ3v) is 4.68. The van der Waals surface area contributed by atoms with Crippen LogP contribution in [0.4, 0.5) is 0 Å². The molecule has 0 radical (unpaired) electrons. The van der Waals surface area contributed by atoms with Crippen molar-refractivity contribution in [3.05, 3.63) is 35.9 Å². The van der Waals surface area contributed by atoms with Gasteiger partial charge in [0.2, 0.25) is 5.91 Å². The van der Waals surface area contributed by atoms with Crippen LogP contribution in [0.25, 0.3) is 0 Å². The molecule has 21 heavy (non-hydrogen) atoms. The van der Waals surface area contributed by atoms with Crippen molar-refractivity contribution in [2.24, 2.45) is 23.5 Å². The van der Waals surface area contributed by atoms with E-state index in [2.05, 4.69) is 30.9 Å². The first kappa shape index (κ1) is 16.0. The minimum absolute atomic E-state index is 0.0850. The Labute approximate surface area is 128 Å². The zero-order chi connectivity index (χ0) is 15.2. The molecule has 1 heterocycles. The summed E-state index contributed by atoms with van der Waals surface area (Å²) in [4.78, 5) is 14.9. The molecule has 1 aliphatic rings. The van der Waals surface area contributed by atoms with Crippen LogP contribution >= 0.6 is 0 Å². The fourth-order valence-electron chi connectivity index (χ4n) is 3.10. The predicted molar refractivity (Wildman–Crippen MR) is 86.8 cm³/mol. The van der Waals surface area contributed by atoms with Crippen molar-refractivity contribution in [1.82, 2.24) is 4.90 Å². The number of carbonyl (C=O) groups excluding carboxylic acids is 1. The monoisotopic (exact) mass is 288 g/mol. The Morgan fingerprint density at radius 1 is 1.24 bits per heavy atom. The van der Waals surface area contributed by atoms with Gasteiger partial charge in [0.15, 0.2) is 0 Å². The van der Waals surface area contributed by atoms with Gasteiger partial charge in [-0.25, -0.2) is 0 Å². The van der Waals surface area contributed by atoms with E-state index in [9.17, 15) is 4.79 Å². The normalized spacial score (nSPS) is 18.0. The zero-order valence-corrected chi connectivity index (χ0v) is 13.3. The first-order chi connectivity index (χ1) is 10.1. The summed E-state index contributed by atoms with van der Waals surface area (Å²) >= 11 is 0. The number of benzene rings is 1. The quantitative estimate of drug-likeness (QED) is 0.905. The maximum atomic E-state index is 12.8. The number of hydrogen-bond acceptors (Lipinski definition) is 2. The lowest BCUT2D eigenvalue weighted by atomic mass is 9.87. The minimum Gasteiger partial charge on any atom is -0.342 e. The lowest BCUT2D eigenvalue weighted by Crippen LogP contribution is -2.44. The van der Waals surface area contributed by atoms with Crippen LogP contribution in [0.2, 0.25) is 0 Å². The number of nitrogens with two attached hydrogens (primary N) is 1. The summed E-state index contributed by atoms with van der Waals surface area (Å²) in [6.07, 6.45) is 2.95. The van der Waals surface area contributed by atoms with Crippen molar-refractivity contribution in [3.63, 3.8) is 0 Å². The smallest absolute Gasteiger partial charge is 0.226 e. The molecular formula is C18H28N2O. The highest BCUT2D eigenvalue weighted by molar-refractivity contribution is 5.79. The summed E-state index contributed by atoms with van der Waals surface area (Å²) in [5, 5.41) is 0. The van der Waals surface area contributed by atoms with E-state index in [1.165, 1.54) is 5.56 Å². The molecule has 116 valence electrons. The number of piperidine rings is 1. The highest BCUT2D eigenvalue weighted by Gasteiger charge is 2.29. The number of likely N-dealkylation sites (tertiary alicyclic amines) is 1. The molecule has 1 saturated heterocycles. The van der Waals surface area contributed by atoms with Crippen LogP contribution in [0.15, 0.2) is 30.3 Å². The van der Waals surface area contributed by atoms with Crippen molar-refractivity contribution >= 4 is 5.91 Å². The fraction of sp³-hybridized carbons (Fsp3) is 0.611.